The molecule has 1 aromatic carbocycles. The monoisotopic (exact) mass is 309 g/mol. The van der Waals surface area contributed by atoms with E-state index in [1.54, 1.807) is 44.3 Å². The normalized spacial score (nSPS) is 11.8. The molecule has 0 aliphatic carbocycles. The van der Waals surface area contributed by atoms with Crippen molar-refractivity contribution in [1.29, 1.82) is 0 Å². The molecule has 1 heterocycles. The van der Waals surface area contributed by atoms with E-state index in [-0.39, 0.29) is 10.9 Å². The summed E-state index contributed by atoms with van der Waals surface area (Å²) in [5.74, 6) is 0.517. The Bertz CT molecular complexity index is 692. The molecule has 5 N–H and O–H groups in total. The number of benzene rings is 1. The van der Waals surface area contributed by atoms with Gasteiger partial charge in [-0.05, 0) is 38.1 Å². The van der Waals surface area contributed by atoms with Gasteiger partial charge in [-0.15, -0.1) is 0 Å². The van der Waals surface area contributed by atoms with Gasteiger partial charge in [-0.25, -0.2) is 13.1 Å². The molecule has 0 radical (unpaired) electrons. The minimum atomic E-state index is -3.45. The summed E-state index contributed by atoms with van der Waals surface area (Å²) in [6, 6.07) is 6.41. The van der Waals surface area contributed by atoms with Crippen LogP contribution in [-0.2, 0) is 16.6 Å². The summed E-state index contributed by atoms with van der Waals surface area (Å²) in [4.78, 5) is 0.240. The fourth-order valence-corrected chi connectivity index (χ4v) is 3.04. The number of nitrogen functional groups attached to an aromatic ring is 1. The Morgan fingerprint density at radius 1 is 1.29 bits per heavy atom. The molecule has 0 saturated heterocycles. The number of rotatable bonds is 6. The Morgan fingerprint density at radius 2 is 1.95 bits per heavy atom. The third-order valence-corrected chi connectivity index (χ3v) is 4.46. The van der Waals surface area contributed by atoms with Crippen molar-refractivity contribution in [2.45, 2.75) is 31.3 Å². The number of H-pyrrole nitrogens is 1. The number of nitrogens with one attached hydrogen (secondary N) is 3. The smallest absolute Gasteiger partial charge is 0.240 e. The molecule has 21 heavy (non-hydrogen) atoms. The number of nitrogens with two attached hydrogens (primary N) is 1. The molecule has 0 atom stereocenters. The summed E-state index contributed by atoms with van der Waals surface area (Å²) in [5.41, 5.74) is 7.35. The zero-order valence-electron chi connectivity index (χ0n) is 11.9. The summed E-state index contributed by atoms with van der Waals surface area (Å²) in [6.07, 6.45) is 1.65. The van der Waals surface area contributed by atoms with Crippen LogP contribution in [0.5, 0.6) is 0 Å². The molecule has 0 saturated carbocycles. The van der Waals surface area contributed by atoms with E-state index in [9.17, 15) is 8.42 Å². The lowest BCUT2D eigenvalue weighted by Gasteiger charge is -2.10. The first-order chi connectivity index (χ1) is 9.88. The van der Waals surface area contributed by atoms with Crippen molar-refractivity contribution in [3.8, 4) is 0 Å². The molecule has 0 spiro atoms. The van der Waals surface area contributed by atoms with E-state index in [0.29, 0.717) is 12.4 Å². The maximum Gasteiger partial charge on any atom is 0.240 e. The van der Waals surface area contributed by atoms with E-state index in [1.165, 1.54) is 0 Å². The van der Waals surface area contributed by atoms with Crippen LogP contribution in [0, 0.1) is 0 Å². The topological polar surface area (TPSA) is 113 Å². The lowest BCUT2D eigenvalue weighted by Crippen LogP contribution is -2.30. The van der Waals surface area contributed by atoms with Crippen LogP contribution in [0.2, 0.25) is 0 Å². The highest BCUT2D eigenvalue weighted by Gasteiger charge is 2.14. The van der Waals surface area contributed by atoms with Crippen LogP contribution in [0.25, 0.3) is 0 Å². The third-order valence-electron chi connectivity index (χ3n) is 2.79. The molecular weight excluding hydrogens is 290 g/mol. The van der Waals surface area contributed by atoms with Gasteiger partial charge >= 0.3 is 0 Å². The standard InChI is InChI=1S/C13H19N5O2S/c1-9(2)18-21(19,20)12-5-3-11(4-6-12)15-7-10-8-16-17-13(10)14/h3-6,8-9,15,18H,7H2,1-2H3,(H3,14,16,17). The number of hydrogen-bond donors (Lipinski definition) is 4. The maximum absolute atomic E-state index is 12.0. The van der Waals surface area contributed by atoms with Crippen LogP contribution < -0.4 is 15.8 Å². The Labute approximate surface area is 124 Å². The molecule has 8 heteroatoms. The highest BCUT2D eigenvalue weighted by Crippen LogP contribution is 2.16. The van der Waals surface area contributed by atoms with Gasteiger partial charge in [0.05, 0.1) is 11.1 Å². The highest BCUT2D eigenvalue weighted by molar-refractivity contribution is 7.89. The van der Waals surface area contributed by atoms with Gasteiger partial charge in [-0.1, -0.05) is 0 Å². The first kappa shape index (κ1) is 15.3. The molecule has 0 bridgehead atoms. The summed E-state index contributed by atoms with van der Waals surface area (Å²) in [6.45, 7) is 4.07. The fraction of sp³-hybridized carbons (Fsp3) is 0.308. The van der Waals surface area contributed by atoms with Crippen molar-refractivity contribution in [1.82, 2.24) is 14.9 Å². The van der Waals surface area contributed by atoms with Crippen LogP contribution in [0.15, 0.2) is 35.4 Å². The van der Waals surface area contributed by atoms with Crippen molar-refractivity contribution in [3.05, 3.63) is 36.0 Å². The molecule has 0 amide bonds. The van der Waals surface area contributed by atoms with Crippen molar-refractivity contribution in [3.63, 3.8) is 0 Å². The zero-order valence-corrected chi connectivity index (χ0v) is 12.7. The number of anilines is 2. The second-order valence-corrected chi connectivity index (χ2v) is 6.68. The Morgan fingerprint density at radius 3 is 2.48 bits per heavy atom. The van der Waals surface area contributed by atoms with E-state index >= 15 is 0 Å². The third kappa shape index (κ3) is 3.96. The molecule has 1 aromatic heterocycles. The maximum atomic E-state index is 12.0. The highest BCUT2D eigenvalue weighted by atomic mass is 32.2. The SMILES string of the molecule is CC(C)NS(=O)(=O)c1ccc(NCc2cn[nH]c2N)cc1. The second kappa shape index (κ2) is 6.15. The molecular formula is C13H19N5O2S. The molecule has 114 valence electrons. The molecule has 0 unspecified atom stereocenters. The van der Waals surface area contributed by atoms with Gasteiger partial charge in [0.25, 0.3) is 0 Å². The number of nitrogens with zero attached hydrogens (tertiary/aromatic N) is 1. The summed E-state index contributed by atoms with van der Waals surface area (Å²) in [7, 11) is -3.45. The lowest BCUT2D eigenvalue weighted by atomic mass is 10.3. The van der Waals surface area contributed by atoms with E-state index in [1.807, 2.05) is 0 Å². The summed E-state index contributed by atoms with van der Waals surface area (Å²) in [5, 5.41) is 9.63. The largest absolute Gasteiger partial charge is 0.384 e. The number of aromatic amines is 1. The molecule has 7 nitrogen and oxygen atoms in total. The van der Waals surface area contributed by atoms with Gasteiger partial charge in [-0.2, -0.15) is 5.10 Å². The van der Waals surface area contributed by atoms with Gasteiger partial charge in [0.1, 0.15) is 5.82 Å². The predicted molar refractivity (Wildman–Crippen MR) is 82.2 cm³/mol. The van der Waals surface area contributed by atoms with Gasteiger partial charge in [0.2, 0.25) is 10.0 Å². The Hall–Kier alpha value is -2.06. The van der Waals surface area contributed by atoms with Crippen LogP contribution in [0.1, 0.15) is 19.4 Å². The summed E-state index contributed by atoms with van der Waals surface area (Å²) >= 11 is 0. The lowest BCUT2D eigenvalue weighted by molar-refractivity contribution is 0.570. The number of aromatic nitrogens is 2. The molecule has 0 fully saturated rings. The Balaban J connectivity index is 2.04. The molecule has 0 aliphatic heterocycles. The predicted octanol–water partition coefficient (Wildman–Crippen LogP) is 1.29. The fourth-order valence-electron chi connectivity index (χ4n) is 1.79. The van der Waals surface area contributed by atoms with Crippen molar-refractivity contribution in [2.75, 3.05) is 11.1 Å². The van der Waals surface area contributed by atoms with E-state index < -0.39 is 10.0 Å². The van der Waals surface area contributed by atoms with E-state index in [0.717, 1.165) is 11.3 Å². The zero-order chi connectivity index (χ0) is 15.5. The molecule has 0 aliphatic rings. The van der Waals surface area contributed by atoms with Crippen LogP contribution in [-0.4, -0.2) is 24.7 Å². The molecule has 2 aromatic rings. The quantitative estimate of drug-likeness (QED) is 0.642. The minimum absolute atomic E-state index is 0.142. The van der Waals surface area contributed by atoms with Gasteiger partial charge in [0, 0.05) is 23.8 Å². The van der Waals surface area contributed by atoms with Gasteiger partial charge in [0.15, 0.2) is 0 Å². The number of sulfonamides is 1. The average molecular weight is 309 g/mol. The van der Waals surface area contributed by atoms with Gasteiger partial charge < -0.3 is 11.1 Å². The second-order valence-electron chi connectivity index (χ2n) is 4.96. The van der Waals surface area contributed by atoms with E-state index in [2.05, 4.69) is 20.2 Å². The van der Waals surface area contributed by atoms with E-state index in [4.69, 9.17) is 5.73 Å². The average Bonchev–Trinajstić information content (AvgIpc) is 2.81. The molecule has 2 rings (SSSR count). The van der Waals surface area contributed by atoms with Crippen LogP contribution in [0.4, 0.5) is 11.5 Å². The minimum Gasteiger partial charge on any atom is -0.384 e. The first-order valence-corrected chi connectivity index (χ1v) is 8.01. The first-order valence-electron chi connectivity index (χ1n) is 6.52. The van der Waals surface area contributed by atoms with Crippen LogP contribution in [0.3, 0.4) is 0 Å². The summed E-state index contributed by atoms with van der Waals surface area (Å²) < 4.78 is 26.5. The van der Waals surface area contributed by atoms with Crippen molar-refractivity contribution >= 4 is 21.5 Å². The Kier molecular flexibility index (Phi) is 4.49. The van der Waals surface area contributed by atoms with Crippen molar-refractivity contribution in [2.24, 2.45) is 0 Å². The van der Waals surface area contributed by atoms with Gasteiger partial charge in [-0.3, -0.25) is 5.10 Å². The number of hydrogen-bond acceptors (Lipinski definition) is 5. The van der Waals surface area contributed by atoms with Crippen molar-refractivity contribution < 1.29 is 8.42 Å². The van der Waals surface area contributed by atoms with Crippen LogP contribution >= 0.6 is 0 Å².